The van der Waals surface area contributed by atoms with Crippen LogP contribution in [0.1, 0.15) is 50.0 Å². The van der Waals surface area contributed by atoms with E-state index in [2.05, 4.69) is 29.6 Å². The van der Waals surface area contributed by atoms with Crippen molar-refractivity contribution in [1.29, 1.82) is 0 Å². The van der Waals surface area contributed by atoms with Crippen molar-refractivity contribution < 1.29 is 18.7 Å². The van der Waals surface area contributed by atoms with Crippen molar-refractivity contribution in [1.82, 2.24) is 4.90 Å². The number of likely N-dealkylation sites (tertiary alicyclic amines) is 1. The van der Waals surface area contributed by atoms with Gasteiger partial charge in [-0.05, 0) is 67.9 Å². The number of hydrogen-bond acceptors (Lipinski definition) is 3. The Kier molecular flexibility index (Phi) is 6.02. The van der Waals surface area contributed by atoms with Crippen LogP contribution in [0.5, 0.6) is 0 Å². The Morgan fingerprint density at radius 3 is 2.47 bits per heavy atom. The molecule has 0 unspecified atom stereocenters. The number of ether oxygens (including phenoxy) is 1. The lowest BCUT2D eigenvalue weighted by atomic mass is 9.73. The zero-order valence-corrected chi connectivity index (χ0v) is 17.0. The Labute approximate surface area is 176 Å². The van der Waals surface area contributed by atoms with E-state index in [1.54, 1.807) is 0 Å². The molecule has 1 saturated heterocycles. The summed E-state index contributed by atoms with van der Waals surface area (Å²) < 4.78 is 18.2. The topological polar surface area (TPSA) is 58.6 Å². The van der Waals surface area contributed by atoms with Gasteiger partial charge in [-0.2, -0.15) is 0 Å². The molecule has 0 atom stereocenters. The van der Waals surface area contributed by atoms with Crippen molar-refractivity contribution >= 4 is 17.7 Å². The average Bonchev–Trinajstić information content (AvgIpc) is 3.06. The van der Waals surface area contributed by atoms with Crippen molar-refractivity contribution in [3.63, 3.8) is 0 Å². The molecule has 6 heteroatoms. The monoisotopic (exact) mass is 410 g/mol. The molecule has 2 aliphatic rings. The minimum absolute atomic E-state index is 0.0981. The van der Waals surface area contributed by atoms with Crippen LogP contribution >= 0.6 is 0 Å². The molecule has 30 heavy (non-hydrogen) atoms. The minimum atomic E-state index is -0.602. The number of nitrogens with zero attached hydrogens (tertiary/aromatic N) is 1. The standard InChI is InChI=1S/C24H27FN2O3/c25-20-6-8-21(9-7-20)26-23(29)30-17-16-27-22(28)12-15-24(27)13-10-19(11-14-24)18-4-2-1-3-5-18/h1-9,19H,10-17H2,(H,26,29). The SMILES string of the molecule is O=C(Nc1ccc(F)cc1)OCCN1C(=O)CCC12CCC(c1ccccc1)CC2. The number of hydrogen-bond donors (Lipinski definition) is 1. The van der Waals surface area contributed by atoms with E-state index in [9.17, 15) is 14.0 Å². The molecule has 2 aromatic carbocycles. The number of carbonyl (C=O) groups is 2. The number of rotatable bonds is 5. The molecule has 5 nitrogen and oxygen atoms in total. The molecule has 1 aliphatic heterocycles. The summed E-state index contributed by atoms with van der Waals surface area (Å²) in [5, 5.41) is 2.57. The van der Waals surface area contributed by atoms with Gasteiger partial charge in [-0.25, -0.2) is 9.18 Å². The molecule has 2 amide bonds. The normalized spacial score (nSPS) is 23.6. The molecule has 1 heterocycles. The molecule has 0 radical (unpaired) electrons. The first-order chi connectivity index (χ1) is 14.6. The number of benzene rings is 2. The molecule has 1 saturated carbocycles. The van der Waals surface area contributed by atoms with Gasteiger partial charge in [0.15, 0.2) is 0 Å². The second-order valence-electron chi connectivity index (χ2n) is 8.22. The summed E-state index contributed by atoms with van der Waals surface area (Å²) in [6.07, 6.45) is 4.96. The van der Waals surface area contributed by atoms with Crippen molar-refractivity contribution in [2.75, 3.05) is 18.5 Å². The number of halogens is 1. The van der Waals surface area contributed by atoms with E-state index in [1.807, 2.05) is 11.0 Å². The molecule has 158 valence electrons. The fourth-order valence-electron chi connectivity index (χ4n) is 4.89. The van der Waals surface area contributed by atoms with Gasteiger partial charge in [0.2, 0.25) is 5.91 Å². The first-order valence-electron chi connectivity index (χ1n) is 10.6. The van der Waals surface area contributed by atoms with Crippen molar-refractivity contribution in [3.8, 4) is 0 Å². The number of amides is 2. The summed E-state index contributed by atoms with van der Waals surface area (Å²) in [6, 6.07) is 16.1. The number of nitrogens with one attached hydrogen (secondary N) is 1. The Hall–Kier alpha value is -2.89. The smallest absolute Gasteiger partial charge is 0.411 e. The maximum atomic E-state index is 12.9. The summed E-state index contributed by atoms with van der Waals surface area (Å²) in [4.78, 5) is 26.5. The van der Waals surface area contributed by atoms with Crippen LogP contribution in [0.2, 0.25) is 0 Å². The van der Waals surface area contributed by atoms with Crippen molar-refractivity contribution in [2.24, 2.45) is 0 Å². The largest absolute Gasteiger partial charge is 0.447 e. The zero-order valence-electron chi connectivity index (χ0n) is 17.0. The van der Waals surface area contributed by atoms with Gasteiger partial charge in [-0.15, -0.1) is 0 Å². The van der Waals surface area contributed by atoms with E-state index >= 15 is 0 Å². The Balaban J connectivity index is 1.29. The van der Waals surface area contributed by atoms with Crippen molar-refractivity contribution in [2.45, 2.75) is 50.0 Å². The minimum Gasteiger partial charge on any atom is -0.447 e. The van der Waals surface area contributed by atoms with E-state index < -0.39 is 6.09 Å². The van der Waals surface area contributed by atoms with Gasteiger partial charge in [-0.3, -0.25) is 10.1 Å². The van der Waals surface area contributed by atoms with Gasteiger partial charge >= 0.3 is 6.09 Å². The van der Waals surface area contributed by atoms with Crippen LogP contribution < -0.4 is 5.32 Å². The quantitative estimate of drug-likeness (QED) is 0.747. The third-order valence-electron chi connectivity index (χ3n) is 6.50. The summed E-state index contributed by atoms with van der Waals surface area (Å²) in [6.45, 7) is 0.550. The Bertz CT molecular complexity index is 877. The first kappa shape index (κ1) is 20.4. The zero-order chi connectivity index (χ0) is 21.0. The summed E-state index contributed by atoms with van der Waals surface area (Å²) in [5.41, 5.74) is 1.75. The van der Waals surface area contributed by atoms with E-state index in [1.165, 1.54) is 29.8 Å². The molecule has 2 fully saturated rings. The van der Waals surface area contributed by atoms with Crippen LogP contribution in [0, 0.1) is 5.82 Å². The van der Waals surface area contributed by atoms with Crippen LogP contribution in [0.3, 0.4) is 0 Å². The maximum absolute atomic E-state index is 12.9. The summed E-state index contributed by atoms with van der Waals surface area (Å²) >= 11 is 0. The van der Waals surface area contributed by atoms with E-state index in [4.69, 9.17) is 4.74 Å². The number of anilines is 1. The van der Waals surface area contributed by atoms with Gasteiger partial charge < -0.3 is 9.64 Å². The van der Waals surface area contributed by atoms with E-state index in [0.717, 1.165) is 32.1 Å². The molecule has 0 aromatic heterocycles. The van der Waals surface area contributed by atoms with Crippen LogP contribution in [-0.2, 0) is 9.53 Å². The van der Waals surface area contributed by atoms with Crippen molar-refractivity contribution in [3.05, 3.63) is 66.0 Å². The number of carbonyl (C=O) groups excluding carboxylic acids is 2. The third kappa shape index (κ3) is 4.48. The second kappa shape index (κ2) is 8.86. The molecule has 1 aliphatic carbocycles. The highest BCUT2D eigenvalue weighted by Crippen LogP contribution is 2.46. The van der Waals surface area contributed by atoms with Crippen LogP contribution in [0.25, 0.3) is 0 Å². The van der Waals surface area contributed by atoms with Gasteiger partial charge in [-0.1, -0.05) is 30.3 Å². The van der Waals surface area contributed by atoms with E-state index in [-0.39, 0.29) is 23.9 Å². The fourth-order valence-corrected chi connectivity index (χ4v) is 4.89. The average molecular weight is 410 g/mol. The highest BCUT2D eigenvalue weighted by Gasteiger charge is 2.46. The molecule has 0 bridgehead atoms. The van der Waals surface area contributed by atoms with Crippen LogP contribution in [-0.4, -0.2) is 35.6 Å². The molecule has 2 aromatic rings. The molecule has 4 rings (SSSR count). The molecular formula is C24H27FN2O3. The third-order valence-corrected chi connectivity index (χ3v) is 6.50. The highest BCUT2D eigenvalue weighted by atomic mass is 19.1. The van der Waals surface area contributed by atoms with Gasteiger partial charge in [0.1, 0.15) is 12.4 Å². The lowest BCUT2D eigenvalue weighted by Gasteiger charge is -2.44. The lowest BCUT2D eigenvalue weighted by molar-refractivity contribution is -0.132. The summed E-state index contributed by atoms with van der Waals surface area (Å²) in [7, 11) is 0. The van der Waals surface area contributed by atoms with Crippen LogP contribution in [0.15, 0.2) is 54.6 Å². The molecular weight excluding hydrogens is 383 g/mol. The predicted octanol–water partition coefficient (Wildman–Crippen LogP) is 5.09. The fraction of sp³-hybridized carbons (Fsp3) is 0.417. The Morgan fingerprint density at radius 1 is 1.07 bits per heavy atom. The second-order valence-corrected chi connectivity index (χ2v) is 8.22. The highest BCUT2D eigenvalue weighted by molar-refractivity contribution is 5.84. The summed E-state index contributed by atoms with van der Waals surface area (Å²) in [5.74, 6) is 0.330. The first-order valence-corrected chi connectivity index (χ1v) is 10.6. The van der Waals surface area contributed by atoms with Gasteiger partial charge in [0.25, 0.3) is 0 Å². The van der Waals surface area contributed by atoms with Gasteiger partial charge in [0, 0.05) is 17.6 Å². The lowest BCUT2D eigenvalue weighted by Crippen LogP contribution is -2.49. The molecule has 1 N–H and O–H groups in total. The predicted molar refractivity (Wildman–Crippen MR) is 113 cm³/mol. The maximum Gasteiger partial charge on any atom is 0.411 e. The molecule has 1 spiro atoms. The van der Waals surface area contributed by atoms with Gasteiger partial charge in [0.05, 0.1) is 6.54 Å². The van der Waals surface area contributed by atoms with E-state index in [0.29, 0.717) is 24.6 Å². The Morgan fingerprint density at radius 2 is 1.77 bits per heavy atom. The van der Waals surface area contributed by atoms with Crippen LogP contribution in [0.4, 0.5) is 14.9 Å².